The molecule has 4 heteroatoms. The minimum absolute atomic E-state index is 0.0571. The van der Waals surface area contributed by atoms with Crippen molar-refractivity contribution < 1.29 is 15.0 Å². The van der Waals surface area contributed by atoms with Crippen LogP contribution < -0.4 is 0 Å². The first-order chi connectivity index (χ1) is 9.33. The largest absolute Gasteiger partial charge is 0.506 e. The molecule has 0 spiro atoms. The van der Waals surface area contributed by atoms with Crippen LogP contribution in [0.1, 0.15) is 49.8 Å². The summed E-state index contributed by atoms with van der Waals surface area (Å²) in [6, 6.07) is 1.95. The summed E-state index contributed by atoms with van der Waals surface area (Å²) in [7, 11) is 0. The van der Waals surface area contributed by atoms with Crippen LogP contribution in [0.2, 0.25) is 5.02 Å². The highest BCUT2D eigenvalue weighted by atomic mass is 35.5. The molecule has 0 atom stereocenters. The van der Waals surface area contributed by atoms with E-state index in [-0.39, 0.29) is 12.2 Å². The van der Waals surface area contributed by atoms with Gasteiger partial charge in [-0.1, -0.05) is 24.1 Å². The Morgan fingerprint density at radius 2 is 1.95 bits per heavy atom. The van der Waals surface area contributed by atoms with Crippen LogP contribution in [0.5, 0.6) is 5.75 Å². The van der Waals surface area contributed by atoms with E-state index in [1.807, 2.05) is 6.07 Å². The standard InChI is InChI=1S/C16H21ClO3/c1-16(2,15(19)20)9-11-8-10-6-4-3-5-7-12(10)13(17)14(11)18/h8,18H,3-7,9H2,1-2H3,(H,19,20). The van der Waals surface area contributed by atoms with Crippen LogP contribution in [0.4, 0.5) is 0 Å². The van der Waals surface area contributed by atoms with Crippen LogP contribution in [0.15, 0.2) is 6.07 Å². The van der Waals surface area contributed by atoms with Gasteiger partial charge in [-0.05, 0) is 62.6 Å². The highest BCUT2D eigenvalue weighted by molar-refractivity contribution is 6.33. The maximum Gasteiger partial charge on any atom is 0.309 e. The number of aromatic hydroxyl groups is 1. The Labute approximate surface area is 124 Å². The summed E-state index contributed by atoms with van der Waals surface area (Å²) in [6.45, 7) is 3.32. The molecule has 0 unspecified atom stereocenters. The highest BCUT2D eigenvalue weighted by Crippen LogP contribution is 2.39. The number of fused-ring (bicyclic) bond motifs is 1. The Morgan fingerprint density at radius 1 is 1.30 bits per heavy atom. The summed E-state index contributed by atoms with van der Waals surface area (Å²) < 4.78 is 0. The Balaban J connectivity index is 2.43. The highest BCUT2D eigenvalue weighted by Gasteiger charge is 2.30. The quantitative estimate of drug-likeness (QED) is 0.830. The molecular formula is C16H21ClO3. The molecule has 0 aromatic heterocycles. The summed E-state index contributed by atoms with van der Waals surface area (Å²) in [4.78, 5) is 11.3. The Bertz CT molecular complexity index is 535. The number of phenolic OH excluding ortho intramolecular Hbond substituents is 1. The molecule has 0 bridgehead atoms. The average molecular weight is 297 g/mol. The first-order valence-electron chi connectivity index (χ1n) is 7.08. The smallest absolute Gasteiger partial charge is 0.309 e. The number of aryl methyl sites for hydroxylation is 1. The van der Waals surface area contributed by atoms with Crippen LogP contribution in [0.3, 0.4) is 0 Å². The summed E-state index contributed by atoms with van der Waals surface area (Å²) in [5.41, 5.74) is 1.93. The third-order valence-electron chi connectivity index (χ3n) is 4.10. The number of rotatable bonds is 3. The second-order valence-corrected chi connectivity index (χ2v) is 6.64. The number of phenols is 1. The zero-order valence-electron chi connectivity index (χ0n) is 12.0. The number of carboxylic acids is 1. The molecule has 0 aliphatic heterocycles. The van der Waals surface area contributed by atoms with Crippen LogP contribution >= 0.6 is 11.6 Å². The first kappa shape index (κ1) is 15.2. The van der Waals surface area contributed by atoms with E-state index in [4.69, 9.17) is 11.6 Å². The zero-order chi connectivity index (χ0) is 14.9. The normalized spacial score (nSPS) is 15.6. The predicted octanol–water partition coefficient (Wildman–Crippen LogP) is 3.97. The van der Waals surface area contributed by atoms with Gasteiger partial charge in [-0.3, -0.25) is 4.79 Å². The molecule has 0 radical (unpaired) electrons. The molecule has 1 aromatic rings. The van der Waals surface area contributed by atoms with Gasteiger partial charge < -0.3 is 10.2 Å². The van der Waals surface area contributed by atoms with Gasteiger partial charge in [-0.25, -0.2) is 0 Å². The van der Waals surface area contributed by atoms with Crippen molar-refractivity contribution in [3.63, 3.8) is 0 Å². The fourth-order valence-corrected chi connectivity index (χ4v) is 3.10. The Kier molecular flexibility index (Phi) is 4.28. The van der Waals surface area contributed by atoms with Gasteiger partial charge in [0.2, 0.25) is 0 Å². The van der Waals surface area contributed by atoms with Gasteiger partial charge in [-0.2, -0.15) is 0 Å². The Morgan fingerprint density at radius 3 is 2.60 bits per heavy atom. The van der Waals surface area contributed by atoms with Gasteiger partial charge in [0.15, 0.2) is 0 Å². The molecule has 110 valence electrons. The lowest BCUT2D eigenvalue weighted by Crippen LogP contribution is -2.26. The van der Waals surface area contributed by atoms with E-state index in [2.05, 4.69) is 0 Å². The summed E-state index contributed by atoms with van der Waals surface area (Å²) in [6.07, 6.45) is 5.51. The monoisotopic (exact) mass is 296 g/mol. The third-order valence-corrected chi connectivity index (χ3v) is 4.50. The second kappa shape index (κ2) is 5.65. The van der Waals surface area contributed by atoms with Gasteiger partial charge in [0, 0.05) is 0 Å². The third kappa shape index (κ3) is 2.93. The number of carbonyl (C=O) groups is 1. The lowest BCUT2D eigenvalue weighted by Gasteiger charge is -2.22. The van der Waals surface area contributed by atoms with Gasteiger partial charge in [0.1, 0.15) is 5.75 Å². The number of carboxylic acid groups (broad SMARTS) is 1. The molecule has 2 rings (SSSR count). The predicted molar refractivity (Wildman–Crippen MR) is 79.5 cm³/mol. The topological polar surface area (TPSA) is 57.5 Å². The fourth-order valence-electron chi connectivity index (χ4n) is 2.76. The number of halogens is 1. The van der Waals surface area contributed by atoms with Crippen molar-refractivity contribution in [3.8, 4) is 5.75 Å². The van der Waals surface area contributed by atoms with Gasteiger partial charge >= 0.3 is 5.97 Å². The van der Waals surface area contributed by atoms with E-state index in [0.717, 1.165) is 31.2 Å². The molecule has 0 amide bonds. The SMILES string of the molecule is CC(C)(Cc1cc2c(c(Cl)c1O)CCCCC2)C(=O)O. The molecule has 1 aromatic carbocycles. The molecular weight excluding hydrogens is 276 g/mol. The number of aliphatic carboxylic acids is 1. The fraction of sp³-hybridized carbons (Fsp3) is 0.562. The van der Waals surface area contributed by atoms with Crippen LogP contribution in [-0.4, -0.2) is 16.2 Å². The van der Waals surface area contributed by atoms with E-state index < -0.39 is 11.4 Å². The molecule has 20 heavy (non-hydrogen) atoms. The molecule has 0 heterocycles. The first-order valence-corrected chi connectivity index (χ1v) is 7.46. The summed E-state index contributed by atoms with van der Waals surface area (Å²) >= 11 is 6.30. The van der Waals surface area contributed by atoms with E-state index >= 15 is 0 Å². The average Bonchev–Trinajstić information content (AvgIpc) is 2.60. The van der Waals surface area contributed by atoms with Crippen LogP contribution in [-0.2, 0) is 24.1 Å². The molecule has 0 saturated heterocycles. The summed E-state index contributed by atoms with van der Waals surface area (Å²) in [5, 5.41) is 19.9. The van der Waals surface area contributed by atoms with E-state index in [1.54, 1.807) is 13.8 Å². The minimum Gasteiger partial charge on any atom is -0.506 e. The van der Waals surface area contributed by atoms with Crippen molar-refractivity contribution in [2.24, 2.45) is 5.41 Å². The van der Waals surface area contributed by atoms with Crippen molar-refractivity contribution in [1.29, 1.82) is 0 Å². The zero-order valence-corrected chi connectivity index (χ0v) is 12.8. The van der Waals surface area contributed by atoms with Gasteiger partial charge in [0.05, 0.1) is 10.4 Å². The van der Waals surface area contributed by atoms with Crippen molar-refractivity contribution in [1.82, 2.24) is 0 Å². The van der Waals surface area contributed by atoms with E-state index in [9.17, 15) is 15.0 Å². The van der Waals surface area contributed by atoms with Crippen LogP contribution in [0, 0.1) is 5.41 Å². The lowest BCUT2D eigenvalue weighted by molar-refractivity contribution is -0.146. The number of hydrogen-bond donors (Lipinski definition) is 2. The number of hydrogen-bond acceptors (Lipinski definition) is 2. The van der Waals surface area contributed by atoms with E-state index in [1.165, 1.54) is 12.0 Å². The molecule has 0 fully saturated rings. The van der Waals surface area contributed by atoms with Crippen molar-refractivity contribution in [2.75, 3.05) is 0 Å². The maximum absolute atomic E-state index is 11.3. The van der Waals surface area contributed by atoms with Crippen LogP contribution in [0.25, 0.3) is 0 Å². The molecule has 3 nitrogen and oxygen atoms in total. The second-order valence-electron chi connectivity index (χ2n) is 6.26. The maximum atomic E-state index is 11.3. The van der Waals surface area contributed by atoms with Crippen molar-refractivity contribution in [2.45, 2.75) is 52.4 Å². The molecule has 1 aliphatic carbocycles. The Hall–Kier alpha value is -1.22. The molecule has 1 aliphatic rings. The van der Waals surface area contributed by atoms with E-state index in [0.29, 0.717) is 10.6 Å². The lowest BCUT2D eigenvalue weighted by atomic mass is 9.84. The van der Waals surface area contributed by atoms with Crippen molar-refractivity contribution >= 4 is 17.6 Å². The summed E-state index contributed by atoms with van der Waals surface area (Å²) in [5.74, 6) is -0.815. The minimum atomic E-state index is -0.917. The van der Waals surface area contributed by atoms with Crippen molar-refractivity contribution in [3.05, 3.63) is 27.8 Å². The van der Waals surface area contributed by atoms with Gasteiger partial charge in [0.25, 0.3) is 0 Å². The number of benzene rings is 1. The molecule has 0 saturated carbocycles. The van der Waals surface area contributed by atoms with Gasteiger partial charge in [-0.15, -0.1) is 0 Å². The molecule has 2 N–H and O–H groups in total.